The van der Waals surface area contributed by atoms with Crippen molar-refractivity contribution in [3.63, 3.8) is 0 Å². The molecule has 2 aromatic heterocycles. The Morgan fingerprint density at radius 3 is 2.38 bits per heavy atom. The zero-order valence-electron chi connectivity index (χ0n) is 24.1. The quantitative estimate of drug-likeness (QED) is 0.148. The molecule has 1 aliphatic carbocycles. The van der Waals surface area contributed by atoms with Gasteiger partial charge in [-0.2, -0.15) is 5.10 Å². The first-order valence-electron chi connectivity index (χ1n) is 14.1. The Hall–Kier alpha value is -3.60. The third kappa shape index (κ3) is 6.03. The van der Waals surface area contributed by atoms with E-state index in [0.29, 0.717) is 33.6 Å². The van der Waals surface area contributed by atoms with Crippen molar-refractivity contribution < 1.29 is 23.8 Å². The fraction of sp³-hybridized carbons (Fsp3) is 0.242. The van der Waals surface area contributed by atoms with Crippen molar-refractivity contribution in [1.29, 1.82) is 0 Å². The van der Waals surface area contributed by atoms with Gasteiger partial charge in [0, 0.05) is 34.3 Å². The Bertz CT molecular complexity index is 1960. The summed E-state index contributed by atoms with van der Waals surface area (Å²) in [5.74, 6) is -2.51. The van der Waals surface area contributed by atoms with Crippen molar-refractivity contribution in [2.45, 2.75) is 43.9 Å². The van der Waals surface area contributed by atoms with Crippen LogP contribution in [0, 0.1) is 11.6 Å². The van der Waals surface area contributed by atoms with Crippen molar-refractivity contribution >= 4 is 51.6 Å². The van der Waals surface area contributed by atoms with Gasteiger partial charge in [0.2, 0.25) is 0 Å². The number of hydrogen-bond acceptors (Lipinski definition) is 5. The monoisotopic (exact) mass is 670 g/mol. The molecule has 0 unspecified atom stereocenters. The summed E-state index contributed by atoms with van der Waals surface area (Å²) < 4.78 is 31.0. The van der Waals surface area contributed by atoms with Crippen LogP contribution in [0.15, 0.2) is 66.9 Å². The van der Waals surface area contributed by atoms with Gasteiger partial charge in [-0.25, -0.2) is 13.8 Å². The number of amides is 1. The molecule has 0 aliphatic heterocycles. The van der Waals surface area contributed by atoms with E-state index in [2.05, 4.69) is 15.4 Å². The topological polar surface area (TPSA) is 100 Å². The lowest BCUT2D eigenvalue weighted by Crippen LogP contribution is -2.42. The molecule has 12 heteroatoms. The first-order valence-corrected chi connectivity index (χ1v) is 15.2. The fourth-order valence-electron chi connectivity index (χ4n) is 5.20. The maximum atomic E-state index is 15.1. The molecule has 1 fully saturated rings. The molecule has 0 bridgehead atoms. The van der Waals surface area contributed by atoms with E-state index < -0.39 is 35.3 Å². The van der Waals surface area contributed by atoms with Gasteiger partial charge in [0.25, 0.3) is 5.91 Å². The highest BCUT2D eigenvalue weighted by molar-refractivity contribution is 6.35. The van der Waals surface area contributed by atoms with Crippen LogP contribution in [-0.4, -0.2) is 37.4 Å². The van der Waals surface area contributed by atoms with Gasteiger partial charge in [0.15, 0.2) is 0 Å². The first-order chi connectivity index (χ1) is 21.3. The Labute approximate surface area is 272 Å². The normalized spacial score (nSPS) is 14.9. The number of carbonyl (C=O) groups is 1. The Morgan fingerprint density at radius 1 is 1.00 bits per heavy atom. The van der Waals surface area contributed by atoms with Gasteiger partial charge in [0.1, 0.15) is 22.8 Å². The summed E-state index contributed by atoms with van der Waals surface area (Å²) in [5.41, 5.74) is -2.80. The maximum Gasteiger partial charge on any atom is 0.251 e. The predicted octanol–water partition coefficient (Wildman–Crippen LogP) is 7.56. The molecule has 232 valence electrons. The van der Waals surface area contributed by atoms with Crippen LogP contribution in [0.3, 0.4) is 0 Å². The number of nitrogens with zero attached hydrogens (tertiary/aromatic N) is 3. The van der Waals surface area contributed by atoms with E-state index >= 15 is 4.39 Å². The molecule has 1 amide bonds. The molecule has 1 aliphatic rings. The molecule has 45 heavy (non-hydrogen) atoms. The summed E-state index contributed by atoms with van der Waals surface area (Å²) in [5, 5.41) is 31.2. The second kappa shape index (κ2) is 11.6. The van der Waals surface area contributed by atoms with Gasteiger partial charge in [-0.05, 0) is 56.5 Å². The molecular weight excluding hydrogens is 645 g/mol. The minimum absolute atomic E-state index is 0.0652. The van der Waals surface area contributed by atoms with E-state index in [1.54, 1.807) is 36.4 Å². The van der Waals surface area contributed by atoms with Crippen LogP contribution >= 0.6 is 34.8 Å². The summed E-state index contributed by atoms with van der Waals surface area (Å²) in [6.07, 6.45) is 3.93. The Balaban J connectivity index is 1.44. The zero-order valence-corrected chi connectivity index (χ0v) is 26.4. The molecule has 0 saturated heterocycles. The van der Waals surface area contributed by atoms with Gasteiger partial charge in [0.05, 0.1) is 44.6 Å². The fourth-order valence-corrected chi connectivity index (χ4v) is 6.06. The smallest absolute Gasteiger partial charge is 0.251 e. The molecule has 3 aromatic carbocycles. The highest BCUT2D eigenvalue weighted by Crippen LogP contribution is 2.41. The van der Waals surface area contributed by atoms with E-state index in [1.165, 1.54) is 26.0 Å². The van der Waals surface area contributed by atoms with Crippen LogP contribution in [-0.2, 0) is 11.2 Å². The zero-order chi connectivity index (χ0) is 32.3. The maximum absolute atomic E-state index is 15.1. The van der Waals surface area contributed by atoms with Gasteiger partial charge >= 0.3 is 0 Å². The Kier molecular flexibility index (Phi) is 8.12. The lowest BCUT2D eigenvalue weighted by molar-refractivity contribution is 0.0639. The molecule has 6 rings (SSSR count). The number of aliphatic hydroxyl groups is 2. The third-order valence-corrected chi connectivity index (χ3v) is 8.79. The second-order valence-electron chi connectivity index (χ2n) is 11.7. The first kappa shape index (κ1) is 31.4. The largest absolute Gasteiger partial charge is 0.386 e. The lowest BCUT2D eigenvalue weighted by atomic mass is 9.86. The van der Waals surface area contributed by atoms with E-state index in [0.717, 1.165) is 18.9 Å². The molecule has 2 heterocycles. The van der Waals surface area contributed by atoms with Gasteiger partial charge in [-0.15, -0.1) is 0 Å². The van der Waals surface area contributed by atoms with E-state index in [1.807, 2.05) is 10.9 Å². The summed E-state index contributed by atoms with van der Waals surface area (Å²) in [7, 11) is 0. The number of fused-ring (bicyclic) bond motifs is 1. The number of halogens is 5. The van der Waals surface area contributed by atoms with Gasteiger partial charge < -0.3 is 15.5 Å². The average Bonchev–Trinajstić information content (AvgIpc) is 3.76. The predicted molar refractivity (Wildman–Crippen MR) is 170 cm³/mol. The summed E-state index contributed by atoms with van der Waals surface area (Å²) in [6.45, 7) is 2.54. The number of aromatic nitrogens is 3. The Morgan fingerprint density at radius 2 is 1.71 bits per heavy atom. The van der Waals surface area contributed by atoms with E-state index in [4.69, 9.17) is 34.8 Å². The summed E-state index contributed by atoms with van der Waals surface area (Å²) >= 11 is 19.1. The van der Waals surface area contributed by atoms with Crippen LogP contribution < -0.4 is 5.32 Å². The molecule has 5 aromatic rings. The minimum Gasteiger partial charge on any atom is -0.386 e. The SMILES string of the molecule is CC(C)(O)c1cc([C@@](O)(CNC(=O)c2cc(Cl)c3nn(C4CC4)cc3c2)c2ccccc2)nc(-c2cc(Cl)c(F)cc2F)c1Cl. The van der Waals surface area contributed by atoms with Crippen LogP contribution in [0.25, 0.3) is 22.2 Å². The van der Waals surface area contributed by atoms with Crippen molar-refractivity contribution in [2.75, 3.05) is 6.54 Å². The van der Waals surface area contributed by atoms with Crippen molar-refractivity contribution in [3.8, 4) is 11.3 Å². The van der Waals surface area contributed by atoms with Crippen LogP contribution in [0.4, 0.5) is 8.78 Å². The van der Waals surface area contributed by atoms with E-state index in [9.17, 15) is 19.4 Å². The van der Waals surface area contributed by atoms with Gasteiger partial charge in [-0.1, -0.05) is 65.1 Å². The number of nitrogens with one attached hydrogen (secondary N) is 1. The molecular formula is C33H27Cl3F2N4O3. The minimum atomic E-state index is -2.01. The molecule has 7 nitrogen and oxygen atoms in total. The van der Waals surface area contributed by atoms with Crippen molar-refractivity contribution in [3.05, 3.63) is 116 Å². The molecule has 1 atom stereocenters. The second-order valence-corrected chi connectivity index (χ2v) is 12.9. The standard InChI is InChI=1S/C33H27Cl3F2N4O3/c1-32(2,44)22-13-27(40-30(28(22)36)21-12-23(34)26(38)14-25(21)37)33(45,19-6-4-3-5-7-19)16-39-31(43)17-10-18-15-42(20-8-9-20)41-29(18)24(35)11-17/h3-7,10-15,20,44-45H,8-9,16H2,1-2H3,(H,39,43)/t33-/m1/s1. The number of rotatable bonds is 8. The van der Waals surface area contributed by atoms with Crippen molar-refractivity contribution in [2.24, 2.45) is 0 Å². The highest BCUT2D eigenvalue weighted by atomic mass is 35.5. The third-order valence-electron chi connectivity index (χ3n) is 7.82. The lowest BCUT2D eigenvalue weighted by Gasteiger charge is -2.31. The average molecular weight is 672 g/mol. The van der Waals surface area contributed by atoms with Crippen molar-refractivity contribution in [1.82, 2.24) is 20.1 Å². The van der Waals surface area contributed by atoms with Crippen LogP contribution in [0.2, 0.25) is 15.1 Å². The van der Waals surface area contributed by atoms with Crippen LogP contribution in [0.1, 0.15) is 59.9 Å². The summed E-state index contributed by atoms with van der Waals surface area (Å²) in [6, 6.07) is 15.0. The highest BCUT2D eigenvalue weighted by Gasteiger charge is 2.37. The molecule has 0 spiro atoms. The molecule has 3 N–H and O–H groups in total. The van der Waals surface area contributed by atoms with Gasteiger partial charge in [-0.3, -0.25) is 9.48 Å². The number of carbonyl (C=O) groups excluding carboxylic acids is 1. The summed E-state index contributed by atoms with van der Waals surface area (Å²) in [4.78, 5) is 18.0. The number of pyridine rings is 1. The molecule has 0 radical (unpaired) electrons. The number of hydrogen-bond donors (Lipinski definition) is 3. The van der Waals surface area contributed by atoms with Crippen LogP contribution in [0.5, 0.6) is 0 Å². The van der Waals surface area contributed by atoms with E-state index in [-0.39, 0.29) is 38.1 Å². The number of benzene rings is 3. The molecule has 1 saturated carbocycles.